The molecule has 0 bridgehead atoms. The molecule has 114 valence electrons. The summed E-state index contributed by atoms with van der Waals surface area (Å²) >= 11 is 8.99. The lowest BCUT2D eigenvalue weighted by molar-refractivity contribution is -0.142. The third-order valence-electron chi connectivity index (χ3n) is 2.64. The normalized spacial score (nSPS) is 11.6. The molecule has 0 aromatic heterocycles. The second kappa shape index (κ2) is 7.99. The van der Waals surface area contributed by atoms with E-state index >= 15 is 0 Å². The summed E-state index contributed by atoms with van der Waals surface area (Å²) in [7, 11) is 1.21. The highest BCUT2D eigenvalue weighted by Crippen LogP contribution is 2.21. The van der Waals surface area contributed by atoms with Gasteiger partial charge in [0.25, 0.3) is 5.91 Å². The number of methoxy groups -OCH3 is 1. The van der Waals surface area contributed by atoms with E-state index in [1.165, 1.54) is 13.2 Å². The number of benzene rings is 1. The van der Waals surface area contributed by atoms with Gasteiger partial charge in [0.15, 0.2) is 0 Å². The molecule has 0 spiro atoms. The first-order valence-electron chi connectivity index (χ1n) is 5.90. The van der Waals surface area contributed by atoms with Gasteiger partial charge in [-0.25, -0.2) is 4.79 Å². The van der Waals surface area contributed by atoms with Crippen molar-refractivity contribution in [2.75, 3.05) is 7.11 Å². The highest BCUT2D eigenvalue weighted by molar-refractivity contribution is 9.10. The molecule has 1 aromatic carbocycles. The van der Waals surface area contributed by atoms with Gasteiger partial charge in [-0.15, -0.1) is 0 Å². The van der Waals surface area contributed by atoms with Crippen LogP contribution in [0, 0.1) is 0 Å². The van der Waals surface area contributed by atoms with Crippen molar-refractivity contribution in [3.8, 4) is 0 Å². The third-order valence-corrected chi connectivity index (χ3v) is 3.57. The molecule has 1 amide bonds. The fourth-order valence-corrected chi connectivity index (χ4v) is 2.13. The van der Waals surface area contributed by atoms with E-state index in [2.05, 4.69) is 26.0 Å². The van der Waals surface area contributed by atoms with Crippen LogP contribution in [0.3, 0.4) is 0 Å². The number of amides is 1. The first kappa shape index (κ1) is 17.5. The van der Waals surface area contributed by atoms with Gasteiger partial charge in [-0.2, -0.15) is 0 Å². The van der Waals surface area contributed by atoms with Crippen molar-refractivity contribution in [1.29, 1.82) is 0 Å². The van der Waals surface area contributed by atoms with Gasteiger partial charge in [-0.1, -0.05) is 11.6 Å². The second-order valence-electron chi connectivity index (χ2n) is 4.10. The molecule has 1 atom stereocenters. The zero-order valence-electron chi connectivity index (χ0n) is 11.1. The molecule has 0 saturated heterocycles. The van der Waals surface area contributed by atoms with Crippen molar-refractivity contribution < 1.29 is 24.2 Å². The fraction of sp³-hybridized carbons (Fsp3) is 0.308. The topological polar surface area (TPSA) is 92.7 Å². The predicted molar refractivity (Wildman–Crippen MR) is 79.3 cm³/mol. The van der Waals surface area contributed by atoms with Crippen LogP contribution in [0.1, 0.15) is 23.2 Å². The van der Waals surface area contributed by atoms with Gasteiger partial charge < -0.3 is 15.2 Å². The van der Waals surface area contributed by atoms with E-state index in [1.807, 2.05) is 0 Å². The van der Waals surface area contributed by atoms with Crippen molar-refractivity contribution in [1.82, 2.24) is 5.32 Å². The molecular formula is C13H13BrClNO5. The Balaban J connectivity index is 2.79. The smallest absolute Gasteiger partial charge is 0.326 e. The first-order chi connectivity index (χ1) is 9.85. The number of carboxylic acid groups (broad SMARTS) is 1. The van der Waals surface area contributed by atoms with Crippen molar-refractivity contribution >= 4 is 45.4 Å². The standard InChI is InChI=1S/C13H13BrClNO5/c1-21-11(17)5-4-10(13(19)20)16-12(18)8-6-7(15)2-3-9(8)14/h2-3,6,10H,4-5H2,1H3,(H,16,18)(H,19,20)/t10-/m1/s1. The number of nitrogens with one attached hydrogen (secondary N) is 1. The Bertz CT molecular complexity index is 563. The third kappa shape index (κ3) is 5.35. The molecule has 0 radical (unpaired) electrons. The maximum Gasteiger partial charge on any atom is 0.326 e. The molecule has 8 heteroatoms. The number of carbonyl (C=O) groups is 3. The summed E-state index contributed by atoms with van der Waals surface area (Å²) in [5, 5.41) is 11.8. The average molecular weight is 379 g/mol. The monoisotopic (exact) mass is 377 g/mol. The molecule has 1 rings (SSSR count). The van der Waals surface area contributed by atoms with Crippen LogP contribution >= 0.6 is 27.5 Å². The number of halogens is 2. The Morgan fingerprint density at radius 1 is 1.43 bits per heavy atom. The Hall–Kier alpha value is -1.60. The number of esters is 1. The van der Waals surface area contributed by atoms with Crippen molar-refractivity contribution in [2.24, 2.45) is 0 Å². The Labute approximate surface area is 134 Å². The molecule has 21 heavy (non-hydrogen) atoms. The quantitative estimate of drug-likeness (QED) is 0.741. The molecule has 0 aliphatic rings. The van der Waals surface area contributed by atoms with Crippen LogP contribution < -0.4 is 5.32 Å². The lowest BCUT2D eigenvalue weighted by Crippen LogP contribution is -2.41. The number of aliphatic carboxylic acids is 1. The molecule has 6 nitrogen and oxygen atoms in total. The Morgan fingerprint density at radius 3 is 2.67 bits per heavy atom. The van der Waals surface area contributed by atoms with Crippen LogP contribution in [0.2, 0.25) is 5.02 Å². The van der Waals surface area contributed by atoms with Crippen LogP contribution in [0.25, 0.3) is 0 Å². The van der Waals surface area contributed by atoms with Crippen molar-refractivity contribution in [3.05, 3.63) is 33.3 Å². The summed E-state index contributed by atoms with van der Waals surface area (Å²) in [5.74, 6) is -2.37. The summed E-state index contributed by atoms with van der Waals surface area (Å²) in [6, 6.07) is 3.40. The van der Waals surface area contributed by atoms with Crippen LogP contribution in [0.4, 0.5) is 0 Å². The van der Waals surface area contributed by atoms with Gasteiger partial charge >= 0.3 is 11.9 Å². The van der Waals surface area contributed by atoms with Gasteiger partial charge in [0.1, 0.15) is 6.04 Å². The van der Waals surface area contributed by atoms with Gasteiger partial charge in [-0.05, 0) is 40.5 Å². The Morgan fingerprint density at radius 2 is 2.10 bits per heavy atom. The minimum Gasteiger partial charge on any atom is -0.480 e. The van der Waals surface area contributed by atoms with Crippen LogP contribution in [-0.4, -0.2) is 36.1 Å². The first-order valence-corrected chi connectivity index (χ1v) is 7.07. The van der Waals surface area contributed by atoms with Gasteiger partial charge in [0.05, 0.1) is 12.7 Å². The fourth-order valence-electron chi connectivity index (χ4n) is 1.53. The second-order valence-corrected chi connectivity index (χ2v) is 5.39. The highest BCUT2D eigenvalue weighted by atomic mass is 79.9. The number of carbonyl (C=O) groups excluding carboxylic acids is 2. The summed E-state index contributed by atoms with van der Waals surface area (Å²) < 4.78 is 4.92. The lowest BCUT2D eigenvalue weighted by Gasteiger charge is -2.14. The number of ether oxygens (including phenoxy) is 1. The van der Waals surface area contributed by atoms with E-state index in [1.54, 1.807) is 12.1 Å². The minimum atomic E-state index is -1.23. The van der Waals surface area contributed by atoms with E-state index < -0.39 is 23.9 Å². The highest BCUT2D eigenvalue weighted by Gasteiger charge is 2.23. The minimum absolute atomic E-state index is 0.0636. The molecule has 0 saturated carbocycles. The Kier molecular flexibility index (Phi) is 6.64. The van der Waals surface area contributed by atoms with Crippen LogP contribution in [0.15, 0.2) is 22.7 Å². The summed E-state index contributed by atoms with van der Waals surface area (Å²) in [4.78, 5) is 34.2. The molecule has 0 fully saturated rings. The van der Waals surface area contributed by atoms with Gasteiger partial charge in [0.2, 0.25) is 0 Å². The van der Waals surface area contributed by atoms with E-state index in [9.17, 15) is 14.4 Å². The maximum atomic E-state index is 12.1. The van der Waals surface area contributed by atoms with Crippen molar-refractivity contribution in [2.45, 2.75) is 18.9 Å². The molecule has 0 aliphatic carbocycles. The molecular weight excluding hydrogens is 366 g/mol. The molecule has 0 aliphatic heterocycles. The summed E-state index contributed by atoms with van der Waals surface area (Å²) in [6.45, 7) is 0. The summed E-state index contributed by atoms with van der Waals surface area (Å²) in [6.07, 6.45) is -0.170. The van der Waals surface area contributed by atoms with Crippen molar-refractivity contribution in [3.63, 3.8) is 0 Å². The van der Waals surface area contributed by atoms with E-state index in [0.717, 1.165) is 0 Å². The van der Waals surface area contributed by atoms with E-state index in [4.69, 9.17) is 16.7 Å². The number of hydrogen-bond donors (Lipinski definition) is 2. The van der Waals surface area contributed by atoms with E-state index in [-0.39, 0.29) is 18.4 Å². The number of rotatable bonds is 6. The zero-order valence-corrected chi connectivity index (χ0v) is 13.4. The van der Waals surface area contributed by atoms with Crippen LogP contribution in [0.5, 0.6) is 0 Å². The number of hydrogen-bond acceptors (Lipinski definition) is 4. The summed E-state index contributed by atoms with van der Waals surface area (Å²) in [5.41, 5.74) is 0.215. The number of carboxylic acids is 1. The lowest BCUT2D eigenvalue weighted by atomic mass is 10.1. The maximum absolute atomic E-state index is 12.1. The van der Waals surface area contributed by atoms with Gasteiger partial charge in [0, 0.05) is 15.9 Å². The van der Waals surface area contributed by atoms with Crippen LogP contribution in [-0.2, 0) is 14.3 Å². The SMILES string of the molecule is COC(=O)CC[C@@H](NC(=O)c1cc(Cl)ccc1Br)C(=O)O. The molecule has 1 aromatic rings. The molecule has 2 N–H and O–H groups in total. The average Bonchev–Trinajstić information content (AvgIpc) is 2.44. The molecule has 0 unspecified atom stereocenters. The predicted octanol–water partition coefficient (Wildman–Crippen LogP) is 2.24. The van der Waals surface area contributed by atoms with E-state index in [0.29, 0.717) is 9.50 Å². The molecule has 0 heterocycles. The van der Waals surface area contributed by atoms with Gasteiger partial charge in [-0.3, -0.25) is 9.59 Å². The zero-order chi connectivity index (χ0) is 16.0. The largest absolute Gasteiger partial charge is 0.480 e.